The number of benzene rings is 1. The maximum absolute atomic E-state index is 12.1. The van der Waals surface area contributed by atoms with Gasteiger partial charge in [0.05, 0.1) is 24.5 Å². The first-order valence-electron chi connectivity index (χ1n) is 7.86. The number of anilines is 2. The number of amides is 2. The molecule has 0 atom stereocenters. The van der Waals surface area contributed by atoms with E-state index in [1.807, 2.05) is 12.1 Å². The highest BCUT2D eigenvalue weighted by molar-refractivity contribution is 8.00. The molecular weight excluding hydrogens is 374 g/mol. The minimum absolute atomic E-state index is 0.0882. The van der Waals surface area contributed by atoms with Crippen LogP contribution in [0.2, 0.25) is 0 Å². The molecule has 26 heavy (non-hydrogen) atoms. The summed E-state index contributed by atoms with van der Waals surface area (Å²) in [5.41, 5.74) is 1.26. The number of thiazole rings is 1. The summed E-state index contributed by atoms with van der Waals surface area (Å²) in [5, 5.41) is 7.58. The van der Waals surface area contributed by atoms with E-state index in [1.165, 1.54) is 30.0 Å². The Balaban J connectivity index is 1.83. The van der Waals surface area contributed by atoms with Crippen molar-refractivity contribution >= 4 is 51.7 Å². The second-order valence-corrected chi connectivity index (χ2v) is 7.08. The molecule has 2 N–H and O–H groups in total. The molecule has 0 aliphatic rings. The number of nitrogens with one attached hydrogen (secondary N) is 2. The summed E-state index contributed by atoms with van der Waals surface area (Å²) in [6, 6.07) is 7.27. The summed E-state index contributed by atoms with van der Waals surface area (Å²) in [6.45, 7) is 3.51. The quantitative estimate of drug-likeness (QED) is 0.529. The van der Waals surface area contributed by atoms with Crippen LogP contribution in [-0.4, -0.2) is 35.1 Å². The fourth-order valence-electron chi connectivity index (χ4n) is 1.98. The number of hydrogen-bond acceptors (Lipinski definition) is 7. The van der Waals surface area contributed by atoms with Gasteiger partial charge in [0.1, 0.15) is 0 Å². The number of thioether (sulfide) groups is 1. The molecule has 0 fully saturated rings. The summed E-state index contributed by atoms with van der Waals surface area (Å²) in [7, 11) is 0. The minimum atomic E-state index is -0.342. The lowest BCUT2D eigenvalue weighted by Crippen LogP contribution is -2.14. The molecule has 0 unspecified atom stereocenters. The van der Waals surface area contributed by atoms with Gasteiger partial charge >= 0.3 is 5.97 Å². The van der Waals surface area contributed by atoms with Gasteiger partial charge in [-0.2, -0.15) is 0 Å². The Kier molecular flexibility index (Phi) is 7.61. The topological polar surface area (TPSA) is 97.4 Å². The fourth-order valence-corrected chi connectivity index (χ4v) is 3.46. The summed E-state index contributed by atoms with van der Waals surface area (Å²) in [4.78, 5) is 39.6. The molecule has 1 heterocycles. The SMILES string of the molecule is CCOC(=O)Cc1csc(NC(=O)CSc2cccc(NC(C)=O)c2)n1. The van der Waals surface area contributed by atoms with Crippen LogP contribution in [-0.2, 0) is 25.5 Å². The van der Waals surface area contributed by atoms with Crippen molar-refractivity contribution in [3.63, 3.8) is 0 Å². The molecule has 0 bridgehead atoms. The first kappa shape index (κ1) is 19.9. The van der Waals surface area contributed by atoms with Gasteiger partial charge in [-0.05, 0) is 25.1 Å². The third-order valence-corrected chi connectivity index (χ3v) is 4.75. The van der Waals surface area contributed by atoms with E-state index in [0.29, 0.717) is 23.1 Å². The number of rotatable bonds is 8. The monoisotopic (exact) mass is 393 g/mol. The van der Waals surface area contributed by atoms with E-state index in [0.717, 1.165) is 4.90 Å². The first-order chi connectivity index (χ1) is 12.5. The summed E-state index contributed by atoms with van der Waals surface area (Å²) < 4.78 is 4.87. The van der Waals surface area contributed by atoms with Crippen LogP contribution >= 0.6 is 23.1 Å². The average Bonchev–Trinajstić information content (AvgIpc) is 2.99. The third kappa shape index (κ3) is 6.85. The Labute approximate surface area is 159 Å². The number of hydrogen-bond donors (Lipinski definition) is 2. The Morgan fingerprint density at radius 3 is 2.81 bits per heavy atom. The molecule has 0 spiro atoms. The zero-order valence-corrected chi connectivity index (χ0v) is 16.0. The van der Waals surface area contributed by atoms with Crippen molar-refractivity contribution in [2.24, 2.45) is 0 Å². The summed E-state index contributed by atoms with van der Waals surface area (Å²) in [6.07, 6.45) is 0.0882. The molecule has 2 aromatic rings. The Bertz CT molecular complexity index is 792. The van der Waals surface area contributed by atoms with E-state index in [2.05, 4.69) is 15.6 Å². The first-order valence-corrected chi connectivity index (χ1v) is 9.73. The fraction of sp³-hybridized carbons (Fsp3) is 0.294. The predicted octanol–water partition coefficient (Wildman–Crippen LogP) is 2.94. The van der Waals surface area contributed by atoms with Gasteiger partial charge in [-0.15, -0.1) is 23.1 Å². The maximum Gasteiger partial charge on any atom is 0.311 e. The number of ether oxygens (including phenoxy) is 1. The standard InChI is InChI=1S/C17H19N3O4S2/c1-3-24-16(23)8-13-9-26-17(19-13)20-15(22)10-25-14-6-4-5-12(7-14)18-11(2)21/h4-7,9H,3,8,10H2,1-2H3,(H,18,21)(H,19,20,22). The lowest BCUT2D eigenvalue weighted by molar-refractivity contribution is -0.142. The van der Waals surface area contributed by atoms with Crippen LogP contribution in [0.15, 0.2) is 34.5 Å². The average molecular weight is 393 g/mol. The van der Waals surface area contributed by atoms with E-state index in [-0.39, 0.29) is 30.0 Å². The van der Waals surface area contributed by atoms with Crippen molar-refractivity contribution < 1.29 is 19.1 Å². The van der Waals surface area contributed by atoms with Crippen molar-refractivity contribution in [3.05, 3.63) is 35.3 Å². The number of nitrogens with zero attached hydrogens (tertiary/aromatic N) is 1. The largest absolute Gasteiger partial charge is 0.466 e. The van der Waals surface area contributed by atoms with Gasteiger partial charge in [-0.3, -0.25) is 14.4 Å². The lowest BCUT2D eigenvalue weighted by Gasteiger charge is -2.05. The smallest absolute Gasteiger partial charge is 0.311 e. The molecule has 0 saturated heterocycles. The summed E-state index contributed by atoms with van der Waals surface area (Å²) >= 11 is 2.61. The molecule has 0 aliphatic carbocycles. The van der Waals surface area contributed by atoms with Crippen LogP contribution in [0, 0.1) is 0 Å². The Morgan fingerprint density at radius 2 is 2.08 bits per heavy atom. The van der Waals surface area contributed by atoms with E-state index >= 15 is 0 Å². The van der Waals surface area contributed by atoms with E-state index in [4.69, 9.17) is 4.74 Å². The van der Waals surface area contributed by atoms with E-state index in [9.17, 15) is 14.4 Å². The van der Waals surface area contributed by atoms with Gasteiger partial charge in [-0.25, -0.2) is 4.98 Å². The molecule has 138 valence electrons. The van der Waals surface area contributed by atoms with Gasteiger partial charge < -0.3 is 15.4 Å². The zero-order valence-electron chi connectivity index (χ0n) is 14.4. The van der Waals surface area contributed by atoms with Crippen molar-refractivity contribution in [1.29, 1.82) is 0 Å². The summed E-state index contributed by atoms with van der Waals surface area (Å²) in [5.74, 6) is -0.481. The highest BCUT2D eigenvalue weighted by atomic mass is 32.2. The van der Waals surface area contributed by atoms with E-state index < -0.39 is 0 Å². The molecule has 2 amide bonds. The van der Waals surface area contributed by atoms with Crippen molar-refractivity contribution in [2.45, 2.75) is 25.2 Å². The predicted molar refractivity (Wildman–Crippen MR) is 103 cm³/mol. The van der Waals surface area contributed by atoms with Crippen LogP contribution in [0.1, 0.15) is 19.5 Å². The van der Waals surface area contributed by atoms with Crippen LogP contribution in [0.4, 0.5) is 10.8 Å². The molecule has 1 aromatic heterocycles. The molecule has 0 saturated carbocycles. The van der Waals surface area contributed by atoms with Crippen LogP contribution in [0.5, 0.6) is 0 Å². The second kappa shape index (κ2) is 9.93. The Morgan fingerprint density at radius 1 is 1.27 bits per heavy atom. The van der Waals surface area contributed by atoms with Gasteiger partial charge in [-0.1, -0.05) is 6.07 Å². The number of esters is 1. The van der Waals surface area contributed by atoms with Gasteiger partial charge in [0, 0.05) is 22.9 Å². The van der Waals surface area contributed by atoms with Gasteiger partial charge in [0.2, 0.25) is 11.8 Å². The Hall–Kier alpha value is -2.39. The zero-order chi connectivity index (χ0) is 18.9. The van der Waals surface area contributed by atoms with Crippen LogP contribution in [0.25, 0.3) is 0 Å². The van der Waals surface area contributed by atoms with Gasteiger partial charge in [0.25, 0.3) is 0 Å². The lowest BCUT2D eigenvalue weighted by atomic mass is 10.3. The van der Waals surface area contributed by atoms with Crippen LogP contribution in [0.3, 0.4) is 0 Å². The normalized spacial score (nSPS) is 10.2. The molecule has 1 aromatic carbocycles. The van der Waals surface area contributed by atoms with E-state index in [1.54, 1.807) is 24.4 Å². The highest BCUT2D eigenvalue weighted by Crippen LogP contribution is 2.22. The molecular formula is C17H19N3O4S2. The van der Waals surface area contributed by atoms with Crippen molar-refractivity contribution in [3.8, 4) is 0 Å². The molecule has 2 rings (SSSR count). The third-order valence-electron chi connectivity index (χ3n) is 2.95. The maximum atomic E-state index is 12.1. The molecule has 7 nitrogen and oxygen atoms in total. The number of aromatic nitrogens is 1. The van der Waals surface area contributed by atoms with Crippen molar-refractivity contribution in [1.82, 2.24) is 4.98 Å². The van der Waals surface area contributed by atoms with Crippen LogP contribution < -0.4 is 10.6 Å². The molecule has 0 aliphatic heterocycles. The van der Waals surface area contributed by atoms with Crippen molar-refractivity contribution in [2.75, 3.05) is 23.0 Å². The minimum Gasteiger partial charge on any atom is -0.466 e. The molecule has 0 radical (unpaired) electrons. The van der Waals surface area contributed by atoms with Gasteiger partial charge in [0.15, 0.2) is 5.13 Å². The highest BCUT2D eigenvalue weighted by Gasteiger charge is 2.11. The number of carbonyl (C=O) groups is 3. The molecule has 9 heteroatoms. The number of carbonyl (C=O) groups excluding carboxylic acids is 3. The second-order valence-electron chi connectivity index (χ2n) is 5.17.